The van der Waals surface area contributed by atoms with E-state index in [1.54, 1.807) is 36.4 Å². The molecule has 0 bridgehead atoms. The third-order valence-electron chi connectivity index (χ3n) is 3.48. The van der Waals surface area contributed by atoms with Crippen molar-refractivity contribution in [1.82, 2.24) is 4.90 Å². The summed E-state index contributed by atoms with van der Waals surface area (Å²) in [7, 11) is 1.72. The van der Waals surface area contributed by atoms with Crippen LogP contribution in [0.3, 0.4) is 0 Å². The number of carbonyl (C=O) groups excluding carboxylic acids is 1. The van der Waals surface area contributed by atoms with E-state index in [-0.39, 0.29) is 5.91 Å². The Morgan fingerprint density at radius 1 is 1.04 bits per heavy atom. The van der Waals surface area contributed by atoms with E-state index in [2.05, 4.69) is 0 Å². The number of furan rings is 1. The third-order valence-corrected chi connectivity index (χ3v) is 3.48. The van der Waals surface area contributed by atoms with E-state index in [0.717, 1.165) is 5.76 Å². The molecule has 0 saturated heterocycles. The van der Waals surface area contributed by atoms with Crippen LogP contribution in [0.2, 0.25) is 0 Å². The zero-order valence-electron chi connectivity index (χ0n) is 15.2. The lowest BCUT2D eigenvalue weighted by Crippen LogP contribution is -2.26. The first-order valence-corrected chi connectivity index (χ1v) is 8.44. The number of benzene rings is 1. The zero-order valence-corrected chi connectivity index (χ0v) is 15.2. The number of amides is 1. The van der Waals surface area contributed by atoms with Crippen LogP contribution < -0.4 is 14.2 Å². The largest absolute Gasteiger partial charge is 0.490 e. The maximum absolute atomic E-state index is 12.8. The quantitative estimate of drug-likeness (QED) is 0.691. The Morgan fingerprint density at radius 3 is 2.12 bits per heavy atom. The molecular weight excluding hydrogens is 322 g/mol. The summed E-state index contributed by atoms with van der Waals surface area (Å²) >= 11 is 0. The second kappa shape index (κ2) is 9.01. The van der Waals surface area contributed by atoms with Crippen molar-refractivity contribution in [1.29, 1.82) is 0 Å². The summed E-state index contributed by atoms with van der Waals surface area (Å²) in [5.41, 5.74) is 0.476. The van der Waals surface area contributed by atoms with Gasteiger partial charge in [-0.15, -0.1) is 0 Å². The van der Waals surface area contributed by atoms with Crippen molar-refractivity contribution < 1.29 is 23.4 Å². The van der Waals surface area contributed by atoms with Crippen LogP contribution in [0.15, 0.2) is 34.9 Å². The van der Waals surface area contributed by atoms with Gasteiger partial charge in [0.1, 0.15) is 5.76 Å². The summed E-state index contributed by atoms with van der Waals surface area (Å²) in [4.78, 5) is 14.4. The van der Waals surface area contributed by atoms with Gasteiger partial charge in [-0.2, -0.15) is 0 Å². The first-order valence-electron chi connectivity index (χ1n) is 8.44. The second-order valence-electron chi connectivity index (χ2n) is 5.34. The second-order valence-corrected chi connectivity index (χ2v) is 5.34. The van der Waals surface area contributed by atoms with E-state index in [1.165, 1.54) is 0 Å². The van der Waals surface area contributed by atoms with Crippen molar-refractivity contribution in [2.45, 2.75) is 27.3 Å². The van der Waals surface area contributed by atoms with E-state index in [4.69, 9.17) is 18.6 Å². The first-order chi connectivity index (χ1) is 12.1. The van der Waals surface area contributed by atoms with E-state index < -0.39 is 0 Å². The molecule has 0 aliphatic heterocycles. The van der Waals surface area contributed by atoms with Gasteiger partial charge in [-0.1, -0.05) is 0 Å². The first kappa shape index (κ1) is 18.7. The summed E-state index contributed by atoms with van der Waals surface area (Å²) in [6, 6.07) is 7.01. The van der Waals surface area contributed by atoms with Crippen molar-refractivity contribution in [2.24, 2.45) is 0 Å². The molecule has 1 aromatic carbocycles. The van der Waals surface area contributed by atoms with Crippen molar-refractivity contribution >= 4 is 5.91 Å². The predicted molar refractivity (Wildman–Crippen MR) is 94.5 cm³/mol. The predicted octanol–water partition coefficient (Wildman–Crippen LogP) is 3.75. The maximum atomic E-state index is 12.8. The Labute approximate surface area is 148 Å². The van der Waals surface area contributed by atoms with Gasteiger partial charge in [-0.25, -0.2) is 0 Å². The van der Waals surface area contributed by atoms with E-state index >= 15 is 0 Å². The highest BCUT2D eigenvalue weighted by Gasteiger charge is 2.20. The Hall–Kier alpha value is -2.63. The molecule has 0 aliphatic rings. The monoisotopic (exact) mass is 347 g/mol. The number of rotatable bonds is 9. The molecule has 0 unspecified atom stereocenters. The third kappa shape index (κ3) is 4.68. The Balaban J connectivity index is 2.33. The molecule has 1 amide bonds. The summed E-state index contributed by atoms with van der Waals surface area (Å²) in [6.45, 7) is 7.44. The smallest absolute Gasteiger partial charge is 0.254 e. The van der Waals surface area contributed by atoms with Crippen LogP contribution in [0.4, 0.5) is 0 Å². The number of nitrogens with zero attached hydrogens (tertiary/aromatic N) is 1. The van der Waals surface area contributed by atoms with Crippen LogP contribution in [0.5, 0.6) is 17.2 Å². The van der Waals surface area contributed by atoms with Gasteiger partial charge in [-0.05, 0) is 45.0 Å². The SMILES string of the molecule is CCOc1cc(C(=O)N(C)Cc2ccco2)cc(OCC)c1OCC. The van der Waals surface area contributed by atoms with E-state index in [1.807, 2.05) is 26.8 Å². The molecule has 2 aromatic rings. The van der Waals surface area contributed by atoms with Crippen molar-refractivity contribution in [3.8, 4) is 17.2 Å². The number of ether oxygens (including phenoxy) is 3. The highest BCUT2D eigenvalue weighted by molar-refractivity contribution is 5.95. The highest BCUT2D eigenvalue weighted by atomic mass is 16.5. The average Bonchev–Trinajstić information content (AvgIpc) is 3.10. The topological polar surface area (TPSA) is 61.1 Å². The molecule has 136 valence electrons. The Kier molecular flexibility index (Phi) is 6.74. The number of hydrogen-bond donors (Lipinski definition) is 0. The van der Waals surface area contributed by atoms with Gasteiger partial charge in [0.15, 0.2) is 11.5 Å². The summed E-state index contributed by atoms with van der Waals surface area (Å²) in [5, 5.41) is 0. The lowest BCUT2D eigenvalue weighted by Gasteiger charge is -2.20. The molecule has 1 aromatic heterocycles. The van der Waals surface area contributed by atoms with Crippen LogP contribution in [0, 0.1) is 0 Å². The number of carbonyl (C=O) groups is 1. The summed E-state index contributed by atoms with van der Waals surface area (Å²) in [5.74, 6) is 2.10. The van der Waals surface area contributed by atoms with Gasteiger partial charge < -0.3 is 23.5 Å². The molecule has 6 heteroatoms. The molecule has 6 nitrogen and oxygen atoms in total. The van der Waals surface area contributed by atoms with E-state index in [0.29, 0.717) is 49.2 Å². The van der Waals surface area contributed by atoms with Gasteiger partial charge in [-0.3, -0.25) is 4.79 Å². The molecule has 2 rings (SSSR count). The lowest BCUT2D eigenvalue weighted by atomic mass is 10.1. The van der Waals surface area contributed by atoms with Gasteiger partial charge in [0.25, 0.3) is 5.91 Å². The molecule has 0 saturated carbocycles. The standard InChI is InChI=1S/C19H25NO5/c1-5-22-16-11-14(12-17(23-6-2)18(16)24-7-3)19(21)20(4)13-15-9-8-10-25-15/h8-12H,5-7,13H2,1-4H3. The van der Waals surface area contributed by atoms with Crippen LogP contribution in [0.1, 0.15) is 36.9 Å². The van der Waals surface area contributed by atoms with Crippen molar-refractivity contribution in [3.63, 3.8) is 0 Å². The van der Waals surface area contributed by atoms with Crippen LogP contribution in [-0.2, 0) is 6.54 Å². The van der Waals surface area contributed by atoms with Crippen molar-refractivity contribution in [3.05, 3.63) is 41.9 Å². The van der Waals surface area contributed by atoms with Gasteiger partial charge in [0.2, 0.25) is 5.75 Å². The fourth-order valence-electron chi connectivity index (χ4n) is 2.44. The molecule has 0 atom stereocenters. The highest BCUT2D eigenvalue weighted by Crippen LogP contribution is 2.39. The fourth-order valence-corrected chi connectivity index (χ4v) is 2.44. The lowest BCUT2D eigenvalue weighted by molar-refractivity contribution is 0.0774. The normalized spacial score (nSPS) is 10.4. The van der Waals surface area contributed by atoms with Gasteiger partial charge in [0, 0.05) is 12.6 Å². The molecule has 1 heterocycles. The molecular formula is C19H25NO5. The fraction of sp³-hybridized carbons (Fsp3) is 0.421. The Bertz CT molecular complexity index is 654. The minimum absolute atomic E-state index is 0.152. The average molecular weight is 347 g/mol. The zero-order chi connectivity index (χ0) is 18.2. The molecule has 0 radical (unpaired) electrons. The summed E-state index contributed by atoms with van der Waals surface area (Å²) < 4.78 is 22.3. The summed E-state index contributed by atoms with van der Waals surface area (Å²) in [6.07, 6.45) is 1.59. The van der Waals surface area contributed by atoms with Gasteiger partial charge >= 0.3 is 0 Å². The number of hydrogen-bond acceptors (Lipinski definition) is 5. The molecule has 0 aliphatic carbocycles. The molecule has 0 N–H and O–H groups in total. The van der Waals surface area contributed by atoms with E-state index in [9.17, 15) is 4.79 Å². The van der Waals surface area contributed by atoms with Gasteiger partial charge in [0.05, 0.1) is 32.6 Å². The minimum Gasteiger partial charge on any atom is -0.490 e. The minimum atomic E-state index is -0.152. The van der Waals surface area contributed by atoms with Crippen LogP contribution in [-0.4, -0.2) is 37.7 Å². The van der Waals surface area contributed by atoms with Crippen molar-refractivity contribution in [2.75, 3.05) is 26.9 Å². The van der Waals surface area contributed by atoms with Crippen LogP contribution in [0.25, 0.3) is 0 Å². The Morgan fingerprint density at radius 2 is 1.64 bits per heavy atom. The molecule has 25 heavy (non-hydrogen) atoms. The molecule has 0 fully saturated rings. The van der Waals surface area contributed by atoms with Crippen LogP contribution >= 0.6 is 0 Å². The molecule has 0 spiro atoms. The maximum Gasteiger partial charge on any atom is 0.254 e.